The van der Waals surface area contributed by atoms with Crippen LogP contribution >= 0.6 is 15.9 Å². The molecule has 2 aromatic rings. The molecule has 0 spiro atoms. The number of benzene rings is 2. The second-order valence-corrected chi connectivity index (χ2v) is 5.26. The summed E-state index contributed by atoms with van der Waals surface area (Å²) in [5.41, 5.74) is 2.51. The lowest BCUT2D eigenvalue weighted by Crippen LogP contribution is -2.13. The fourth-order valence-electron chi connectivity index (χ4n) is 1.88. The number of carbonyl (C=O) groups excluding carboxylic acids is 1. The number of ether oxygens (including phenoxy) is 1. The van der Waals surface area contributed by atoms with Crippen LogP contribution in [0.4, 0.5) is 5.69 Å². The number of hydrogen-bond donors (Lipinski definition) is 1. The molecule has 1 amide bonds. The topological polar surface area (TPSA) is 38.3 Å². The Morgan fingerprint density at radius 1 is 1.20 bits per heavy atom. The predicted molar refractivity (Wildman–Crippen MR) is 84.5 cm³/mol. The van der Waals surface area contributed by atoms with Gasteiger partial charge in [0.15, 0.2) is 0 Å². The largest absolute Gasteiger partial charge is 0.496 e. The van der Waals surface area contributed by atoms with E-state index >= 15 is 0 Å². The average molecular weight is 334 g/mol. The summed E-state index contributed by atoms with van der Waals surface area (Å²) in [7, 11) is 1.55. The molecule has 0 bridgehead atoms. The molecule has 2 aromatic carbocycles. The van der Waals surface area contributed by atoms with Crippen molar-refractivity contribution in [3.05, 3.63) is 58.1 Å². The summed E-state index contributed by atoms with van der Waals surface area (Å²) >= 11 is 3.36. The van der Waals surface area contributed by atoms with Gasteiger partial charge in [-0.3, -0.25) is 4.79 Å². The van der Waals surface area contributed by atoms with E-state index in [2.05, 4.69) is 28.2 Å². The lowest BCUT2D eigenvalue weighted by atomic mass is 10.1. The Hall–Kier alpha value is -1.81. The minimum Gasteiger partial charge on any atom is -0.496 e. The molecule has 0 unspecified atom stereocenters. The lowest BCUT2D eigenvalue weighted by Gasteiger charge is -2.10. The van der Waals surface area contributed by atoms with Gasteiger partial charge in [-0.25, -0.2) is 0 Å². The van der Waals surface area contributed by atoms with Crippen molar-refractivity contribution in [3.63, 3.8) is 0 Å². The van der Waals surface area contributed by atoms with Gasteiger partial charge in [0.25, 0.3) is 5.91 Å². The van der Waals surface area contributed by atoms with E-state index in [0.717, 1.165) is 16.6 Å². The lowest BCUT2D eigenvalue weighted by molar-refractivity contribution is 0.102. The van der Waals surface area contributed by atoms with Crippen molar-refractivity contribution >= 4 is 27.5 Å². The molecule has 1 N–H and O–H groups in total. The molecular formula is C16H16BrNO2. The van der Waals surface area contributed by atoms with Crippen LogP contribution in [0, 0.1) is 0 Å². The van der Waals surface area contributed by atoms with E-state index in [1.165, 1.54) is 5.56 Å². The zero-order valence-electron chi connectivity index (χ0n) is 11.4. The van der Waals surface area contributed by atoms with Crippen molar-refractivity contribution in [2.45, 2.75) is 13.3 Å². The molecule has 4 heteroatoms. The molecule has 0 aliphatic carbocycles. The maximum Gasteiger partial charge on any atom is 0.259 e. The van der Waals surface area contributed by atoms with Gasteiger partial charge in [0.1, 0.15) is 5.75 Å². The van der Waals surface area contributed by atoms with Crippen molar-refractivity contribution in [2.75, 3.05) is 12.4 Å². The molecule has 20 heavy (non-hydrogen) atoms. The highest BCUT2D eigenvalue weighted by molar-refractivity contribution is 9.10. The molecule has 0 saturated heterocycles. The molecule has 0 aromatic heterocycles. The minimum atomic E-state index is -0.188. The van der Waals surface area contributed by atoms with Gasteiger partial charge in [0.05, 0.1) is 12.7 Å². The van der Waals surface area contributed by atoms with Gasteiger partial charge >= 0.3 is 0 Å². The zero-order chi connectivity index (χ0) is 14.5. The summed E-state index contributed by atoms with van der Waals surface area (Å²) in [4.78, 5) is 12.3. The Morgan fingerprint density at radius 2 is 1.90 bits per heavy atom. The Morgan fingerprint density at radius 3 is 2.50 bits per heavy atom. The molecule has 0 atom stereocenters. The molecule has 0 heterocycles. The summed E-state index contributed by atoms with van der Waals surface area (Å²) in [6, 6.07) is 13.2. The zero-order valence-corrected chi connectivity index (χ0v) is 13.0. The van der Waals surface area contributed by atoms with Crippen molar-refractivity contribution in [1.29, 1.82) is 0 Å². The molecular weight excluding hydrogens is 318 g/mol. The van der Waals surface area contributed by atoms with E-state index in [1.807, 2.05) is 30.3 Å². The van der Waals surface area contributed by atoms with Crippen LogP contribution in [0.3, 0.4) is 0 Å². The van der Waals surface area contributed by atoms with Crippen molar-refractivity contribution < 1.29 is 9.53 Å². The number of carbonyl (C=O) groups is 1. The summed E-state index contributed by atoms with van der Waals surface area (Å²) < 4.78 is 6.05. The maximum atomic E-state index is 12.3. The molecule has 0 aliphatic heterocycles. The Kier molecular flexibility index (Phi) is 4.79. The van der Waals surface area contributed by atoms with Gasteiger partial charge in [-0.1, -0.05) is 35.0 Å². The van der Waals surface area contributed by atoms with E-state index < -0.39 is 0 Å². The van der Waals surface area contributed by atoms with E-state index in [9.17, 15) is 4.79 Å². The number of rotatable bonds is 4. The van der Waals surface area contributed by atoms with Crippen LogP contribution in [0.1, 0.15) is 22.8 Å². The first-order valence-corrected chi connectivity index (χ1v) is 7.17. The van der Waals surface area contributed by atoms with E-state index in [-0.39, 0.29) is 5.91 Å². The van der Waals surface area contributed by atoms with Crippen molar-refractivity contribution in [1.82, 2.24) is 0 Å². The predicted octanol–water partition coefficient (Wildman–Crippen LogP) is 4.27. The molecule has 0 saturated carbocycles. The van der Waals surface area contributed by atoms with Gasteiger partial charge in [-0.05, 0) is 42.3 Å². The number of halogens is 1. The third-order valence-electron chi connectivity index (χ3n) is 3.03. The molecule has 0 radical (unpaired) electrons. The fraction of sp³-hybridized carbons (Fsp3) is 0.188. The standard InChI is InChI=1S/C16H16BrNO2/c1-3-11-4-7-13(8-5-11)18-16(19)14-10-12(17)6-9-15(14)20-2/h4-10H,3H2,1-2H3,(H,18,19). The van der Waals surface area contributed by atoms with E-state index in [0.29, 0.717) is 11.3 Å². The molecule has 0 aliphatic rings. The summed E-state index contributed by atoms with van der Waals surface area (Å²) in [5, 5.41) is 2.87. The normalized spacial score (nSPS) is 10.2. The van der Waals surface area contributed by atoms with Crippen LogP contribution in [0.25, 0.3) is 0 Å². The highest BCUT2D eigenvalue weighted by Gasteiger charge is 2.12. The number of methoxy groups -OCH3 is 1. The smallest absolute Gasteiger partial charge is 0.259 e. The fourth-order valence-corrected chi connectivity index (χ4v) is 2.24. The molecule has 104 valence electrons. The highest BCUT2D eigenvalue weighted by atomic mass is 79.9. The third kappa shape index (κ3) is 3.39. The van der Waals surface area contributed by atoms with Gasteiger partial charge < -0.3 is 10.1 Å². The van der Waals surface area contributed by atoms with Crippen LogP contribution in [-0.2, 0) is 6.42 Å². The van der Waals surface area contributed by atoms with Crippen LogP contribution in [0.15, 0.2) is 46.9 Å². The third-order valence-corrected chi connectivity index (χ3v) is 3.52. The summed E-state index contributed by atoms with van der Waals surface area (Å²) in [5.74, 6) is 0.364. The minimum absolute atomic E-state index is 0.188. The second-order valence-electron chi connectivity index (χ2n) is 4.35. The van der Waals surface area contributed by atoms with Gasteiger partial charge in [0.2, 0.25) is 0 Å². The Labute approximate surface area is 127 Å². The number of hydrogen-bond acceptors (Lipinski definition) is 2. The first-order chi connectivity index (χ1) is 9.63. The number of aryl methyl sites for hydroxylation is 1. The summed E-state index contributed by atoms with van der Waals surface area (Å²) in [6.07, 6.45) is 0.980. The molecule has 3 nitrogen and oxygen atoms in total. The van der Waals surface area contributed by atoms with E-state index in [1.54, 1.807) is 19.2 Å². The highest BCUT2D eigenvalue weighted by Crippen LogP contribution is 2.24. The number of nitrogens with one attached hydrogen (secondary N) is 1. The van der Waals surface area contributed by atoms with Gasteiger partial charge in [0, 0.05) is 10.2 Å². The monoisotopic (exact) mass is 333 g/mol. The number of anilines is 1. The van der Waals surface area contributed by atoms with Gasteiger partial charge in [-0.15, -0.1) is 0 Å². The quantitative estimate of drug-likeness (QED) is 0.907. The van der Waals surface area contributed by atoms with E-state index in [4.69, 9.17) is 4.74 Å². The summed E-state index contributed by atoms with van der Waals surface area (Å²) in [6.45, 7) is 2.10. The van der Waals surface area contributed by atoms with Gasteiger partial charge in [-0.2, -0.15) is 0 Å². The van der Waals surface area contributed by atoms with Crippen molar-refractivity contribution in [3.8, 4) is 5.75 Å². The van der Waals surface area contributed by atoms with Crippen LogP contribution in [0.5, 0.6) is 5.75 Å². The number of amides is 1. The first-order valence-electron chi connectivity index (χ1n) is 6.38. The van der Waals surface area contributed by atoms with Crippen LogP contribution in [-0.4, -0.2) is 13.0 Å². The van der Waals surface area contributed by atoms with Crippen LogP contribution < -0.4 is 10.1 Å². The average Bonchev–Trinajstić information content (AvgIpc) is 2.48. The second kappa shape index (κ2) is 6.57. The first kappa shape index (κ1) is 14.6. The van der Waals surface area contributed by atoms with Crippen LogP contribution in [0.2, 0.25) is 0 Å². The Balaban J connectivity index is 2.20. The molecule has 2 rings (SSSR count). The molecule has 0 fully saturated rings. The van der Waals surface area contributed by atoms with Crippen molar-refractivity contribution in [2.24, 2.45) is 0 Å². The maximum absolute atomic E-state index is 12.3. The Bertz CT molecular complexity index is 608. The SMILES string of the molecule is CCc1ccc(NC(=O)c2cc(Br)ccc2OC)cc1.